The van der Waals surface area contributed by atoms with Crippen molar-refractivity contribution in [2.24, 2.45) is 0 Å². The van der Waals surface area contributed by atoms with Crippen molar-refractivity contribution in [1.82, 2.24) is 4.98 Å². The highest BCUT2D eigenvalue weighted by molar-refractivity contribution is 8.00. The van der Waals surface area contributed by atoms with Gasteiger partial charge in [0.1, 0.15) is 5.82 Å². The molecule has 0 saturated carbocycles. The minimum atomic E-state index is -0.954. The van der Waals surface area contributed by atoms with Crippen molar-refractivity contribution < 1.29 is 9.90 Å². The molecule has 0 amide bonds. The van der Waals surface area contributed by atoms with Gasteiger partial charge in [0, 0.05) is 25.0 Å². The molecule has 0 saturated heterocycles. The number of aromatic carboxylic acids is 1. The first-order chi connectivity index (χ1) is 12.7. The number of carbonyl (C=O) groups is 1. The van der Waals surface area contributed by atoms with Gasteiger partial charge in [-0.15, -0.1) is 23.1 Å². The van der Waals surface area contributed by atoms with E-state index < -0.39 is 5.97 Å². The summed E-state index contributed by atoms with van der Waals surface area (Å²) in [5.74, 6) is 0.790. The molecule has 0 bridgehead atoms. The van der Waals surface area contributed by atoms with Gasteiger partial charge in [-0.1, -0.05) is 30.3 Å². The van der Waals surface area contributed by atoms with Crippen LogP contribution in [-0.2, 0) is 12.3 Å². The Balaban J connectivity index is 1.69. The number of aromatic nitrogens is 1. The Kier molecular flexibility index (Phi) is 6.30. The average molecular weight is 385 g/mol. The largest absolute Gasteiger partial charge is 0.478 e. The van der Waals surface area contributed by atoms with E-state index in [9.17, 15) is 4.79 Å². The van der Waals surface area contributed by atoms with Gasteiger partial charge in [0.25, 0.3) is 0 Å². The number of carboxylic acids is 1. The van der Waals surface area contributed by atoms with E-state index in [1.807, 2.05) is 17.8 Å². The lowest BCUT2D eigenvalue weighted by Gasteiger charge is -2.22. The first kappa shape index (κ1) is 18.5. The number of hydrogen-bond acceptors (Lipinski definition) is 5. The van der Waals surface area contributed by atoms with E-state index in [0.29, 0.717) is 0 Å². The third-order valence-electron chi connectivity index (χ3n) is 3.98. The second-order valence-electron chi connectivity index (χ2n) is 5.73. The monoisotopic (exact) mass is 384 g/mol. The highest BCUT2D eigenvalue weighted by Crippen LogP contribution is 2.32. The zero-order valence-corrected chi connectivity index (χ0v) is 16.1. The molecule has 4 nitrogen and oxygen atoms in total. The standard InChI is InChI=1S/C20H20N2O2S2/c1-2-22(18-9-8-16(12-21-18)19(23)24)13-17-10-11-25-20(17)26-14-15-6-4-3-5-7-15/h3-12H,2,13-14H2,1H3,(H,23,24). The quantitative estimate of drug-likeness (QED) is 0.544. The van der Waals surface area contributed by atoms with Gasteiger partial charge < -0.3 is 10.0 Å². The predicted octanol–water partition coefficient (Wildman–Crippen LogP) is 5.16. The van der Waals surface area contributed by atoms with Crippen LogP contribution in [0.3, 0.4) is 0 Å². The number of carboxylic acid groups (broad SMARTS) is 1. The molecule has 1 N–H and O–H groups in total. The molecule has 3 rings (SSSR count). The molecule has 2 aromatic heterocycles. The molecule has 0 aliphatic carbocycles. The maximum Gasteiger partial charge on any atom is 0.337 e. The Morgan fingerprint density at radius 2 is 2.00 bits per heavy atom. The fourth-order valence-electron chi connectivity index (χ4n) is 2.55. The van der Waals surface area contributed by atoms with Crippen molar-refractivity contribution in [2.45, 2.75) is 23.4 Å². The Labute approximate surface area is 161 Å². The molecule has 0 aliphatic rings. The molecule has 0 fully saturated rings. The Morgan fingerprint density at radius 3 is 2.65 bits per heavy atom. The van der Waals surface area contributed by atoms with E-state index >= 15 is 0 Å². The topological polar surface area (TPSA) is 53.4 Å². The van der Waals surface area contributed by atoms with Crippen molar-refractivity contribution in [1.29, 1.82) is 0 Å². The van der Waals surface area contributed by atoms with Crippen molar-refractivity contribution >= 4 is 34.9 Å². The predicted molar refractivity (Wildman–Crippen MR) is 108 cm³/mol. The minimum Gasteiger partial charge on any atom is -0.478 e. The lowest BCUT2D eigenvalue weighted by molar-refractivity contribution is 0.0696. The lowest BCUT2D eigenvalue weighted by Crippen LogP contribution is -2.23. The highest BCUT2D eigenvalue weighted by Gasteiger charge is 2.12. The molecule has 26 heavy (non-hydrogen) atoms. The SMILES string of the molecule is CCN(Cc1ccsc1SCc1ccccc1)c1ccc(C(=O)O)cn1. The van der Waals surface area contributed by atoms with E-state index in [-0.39, 0.29) is 5.56 Å². The molecule has 0 atom stereocenters. The van der Waals surface area contributed by atoms with Crippen LogP contribution in [0.15, 0.2) is 64.3 Å². The van der Waals surface area contributed by atoms with Crippen LogP contribution in [0.25, 0.3) is 0 Å². The number of rotatable bonds is 8. The van der Waals surface area contributed by atoms with Gasteiger partial charge >= 0.3 is 5.97 Å². The molecular weight excluding hydrogens is 364 g/mol. The molecule has 0 radical (unpaired) electrons. The number of pyridine rings is 1. The van der Waals surface area contributed by atoms with E-state index in [4.69, 9.17) is 5.11 Å². The van der Waals surface area contributed by atoms with Gasteiger partial charge in [-0.25, -0.2) is 9.78 Å². The van der Waals surface area contributed by atoms with Crippen LogP contribution in [0.4, 0.5) is 5.82 Å². The summed E-state index contributed by atoms with van der Waals surface area (Å²) < 4.78 is 1.31. The van der Waals surface area contributed by atoms with Crippen LogP contribution in [0.2, 0.25) is 0 Å². The smallest absolute Gasteiger partial charge is 0.337 e. The second-order valence-corrected chi connectivity index (χ2v) is 7.89. The maximum atomic E-state index is 11.0. The van der Waals surface area contributed by atoms with Gasteiger partial charge in [-0.05, 0) is 41.6 Å². The summed E-state index contributed by atoms with van der Waals surface area (Å²) in [7, 11) is 0. The zero-order chi connectivity index (χ0) is 18.4. The van der Waals surface area contributed by atoms with Crippen LogP contribution in [0.1, 0.15) is 28.4 Å². The highest BCUT2D eigenvalue weighted by atomic mass is 32.2. The summed E-state index contributed by atoms with van der Waals surface area (Å²) in [6.07, 6.45) is 1.42. The molecule has 3 aromatic rings. The summed E-state index contributed by atoms with van der Waals surface area (Å²) in [4.78, 5) is 17.5. The molecule has 0 spiro atoms. The summed E-state index contributed by atoms with van der Waals surface area (Å²) >= 11 is 3.62. The van der Waals surface area contributed by atoms with Crippen molar-refractivity contribution in [3.8, 4) is 0 Å². The van der Waals surface area contributed by atoms with Gasteiger partial charge in [0.05, 0.1) is 9.77 Å². The van der Waals surface area contributed by atoms with Crippen LogP contribution in [0.5, 0.6) is 0 Å². The fraction of sp³-hybridized carbons (Fsp3) is 0.200. The average Bonchev–Trinajstić information content (AvgIpc) is 3.12. The minimum absolute atomic E-state index is 0.208. The molecular formula is C20H20N2O2S2. The third-order valence-corrected chi connectivity index (χ3v) is 6.37. The van der Waals surface area contributed by atoms with Gasteiger partial charge in [-0.3, -0.25) is 0 Å². The van der Waals surface area contributed by atoms with Crippen LogP contribution >= 0.6 is 23.1 Å². The van der Waals surface area contributed by atoms with Crippen LogP contribution in [0, 0.1) is 0 Å². The van der Waals surface area contributed by atoms with Crippen molar-refractivity contribution in [3.63, 3.8) is 0 Å². The van der Waals surface area contributed by atoms with Crippen LogP contribution < -0.4 is 4.90 Å². The number of thioether (sulfide) groups is 1. The second kappa shape index (κ2) is 8.87. The van der Waals surface area contributed by atoms with Crippen LogP contribution in [-0.4, -0.2) is 22.6 Å². The Hall–Kier alpha value is -2.31. The molecule has 0 unspecified atom stereocenters. The molecule has 2 heterocycles. The zero-order valence-electron chi connectivity index (χ0n) is 14.5. The summed E-state index contributed by atoms with van der Waals surface area (Å²) in [6, 6.07) is 16.0. The fourth-order valence-corrected chi connectivity index (χ4v) is 4.61. The summed E-state index contributed by atoms with van der Waals surface area (Å²) in [5.41, 5.74) is 2.80. The number of anilines is 1. The molecule has 6 heteroatoms. The Bertz CT molecular complexity index is 848. The summed E-state index contributed by atoms with van der Waals surface area (Å²) in [6.45, 7) is 3.64. The summed E-state index contributed by atoms with van der Waals surface area (Å²) in [5, 5.41) is 11.1. The number of hydrogen-bond donors (Lipinski definition) is 1. The number of thiophene rings is 1. The Morgan fingerprint density at radius 1 is 1.19 bits per heavy atom. The van der Waals surface area contributed by atoms with E-state index in [1.165, 1.54) is 21.5 Å². The lowest BCUT2D eigenvalue weighted by atomic mass is 10.2. The molecule has 1 aromatic carbocycles. The van der Waals surface area contributed by atoms with Gasteiger partial charge in [-0.2, -0.15) is 0 Å². The van der Waals surface area contributed by atoms with E-state index in [0.717, 1.165) is 24.7 Å². The first-order valence-electron chi connectivity index (χ1n) is 8.34. The first-order valence-corrected chi connectivity index (χ1v) is 10.2. The molecule has 134 valence electrons. The van der Waals surface area contributed by atoms with Gasteiger partial charge in [0.2, 0.25) is 0 Å². The van der Waals surface area contributed by atoms with Crippen molar-refractivity contribution in [3.05, 3.63) is 76.8 Å². The maximum absolute atomic E-state index is 11.0. The van der Waals surface area contributed by atoms with Gasteiger partial charge in [0.15, 0.2) is 0 Å². The van der Waals surface area contributed by atoms with E-state index in [1.54, 1.807) is 23.5 Å². The number of benzene rings is 1. The molecule has 0 aliphatic heterocycles. The van der Waals surface area contributed by atoms with Crippen molar-refractivity contribution in [2.75, 3.05) is 11.4 Å². The third kappa shape index (κ3) is 4.65. The van der Waals surface area contributed by atoms with E-state index in [2.05, 4.69) is 52.5 Å². The number of nitrogens with zero attached hydrogens (tertiary/aromatic N) is 2. The normalized spacial score (nSPS) is 10.7.